The zero-order chi connectivity index (χ0) is 12.4. The average molecular weight is 235 g/mol. The van der Waals surface area contributed by atoms with E-state index >= 15 is 0 Å². The first-order valence-electron chi connectivity index (χ1n) is 6.46. The van der Waals surface area contributed by atoms with E-state index in [1.165, 1.54) is 27.8 Å². The lowest BCUT2D eigenvalue weighted by atomic mass is 9.90. The molecular formula is C17H17N. The van der Waals surface area contributed by atoms with Gasteiger partial charge < -0.3 is 5.73 Å². The Morgan fingerprint density at radius 1 is 1.00 bits per heavy atom. The zero-order valence-corrected chi connectivity index (χ0v) is 10.4. The molecule has 2 aromatic rings. The molecule has 1 aliphatic rings. The van der Waals surface area contributed by atoms with E-state index < -0.39 is 0 Å². The van der Waals surface area contributed by atoms with Crippen LogP contribution in [0, 0.1) is 0 Å². The van der Waals surface area contributed by atoms with Crippen LogP contribution in [0.4, 0.5) is 0 Å². The van der Waals surface area contributed by atoms with Crippen molar-refractivity contribution in [2.24, 2.45) is 5.73 Å². The first-order valence-corrected chi connectivity index (χ1v) is 6.46. The van der Waals surface area contributed by atoms with Crippen molar-refractivity contribution in [2.75, 3.05) is 0 Å². The molecule has 1 aliphatic carbocycles. The molecule has 18 heavy (non-hydrogen) atoms. The molecule has 0 saturated heterocycles. The van der Waals surface area contributed by atoms with Gasteiger partial charge in [0.25, 0.3) is 0 Å². The Hall–Kier alpha value is -1.86. The average Bonchev–Trinajstić information content (AvgIpc) is 2.47. The lowest BCUT2D eigenvalue weighted by Crippen LogP contribution is -1.97. The van der Waals surface area contributed by atoms with Crippen molar-refractivity contribution < 1.29 is 0 Å². The van der Waals surface area contributed by atoms with Gasteiger partial charge in [-0.2, -0.15) is 0 Å². The monoisotopic (exact) mass is 235 g/mol. The number of allylic oxidation sites excluding steroid dienone is 1. The van der Waals surface area contributed by atoms with Crippen LogP contribution >= 0.6 is 0 Å². The molecule has 0 unspecified atom stereocenters. The van der Waals surface area contributed by atoms with Crippen molar-refractivity contribution in [3.05, 3.63) is 65.2 Å². The number of fused-ring (bicyclic) bond motifs is 1. The molecule has 90 valence electrons. The van der Waals surface area contributed by atoms with Gasteiger partial charge in [-0.15, -0.1) is 0 Å². The number of rotatable bonds is 2. The summed E-state index contributed by atoms with van der Waals surface area (Å²) in [5.74, 6) is 0. The molecule has 0 aliphatic heterocycles. The predicted octanol–water partition coefficient (Wildman–Crippen LogP) is 3.77. The van der Waals surface area contributed by atoms with Gasteiger partial charge in [-0.1, -0.05) is 54.6 Å². The third-order valence-corrected chi connectivity index (χ3v) is 3.56. The number of nitrogens with two attached hydrogens (primary N) is 1. The molecule has 0 atom stereocenters. The summed E-state index contributed by atoms with van der Waals surface area (Å²) >= 11 is 0. The maximum atomic E-state index is 5.64. The van der Waals surface area contributed by atoms with Crippen molar-refractivity contribution in [1.29, 1.82) is 0 Å². The Kier molecular flexibility index (Phi) is 2.99. The van der Waals surface area contributed by atoms with Crippen LogP contribution in [0.2, 0.25) is 0 Å². The second-order valence-corrected chi connectivity index (χ2v) is 4.72. The summed E-state index contributed by atoms with van der Waals surface area (Å²) < 4.78 is 0. The van der Waals surface area contributed by atoms with E-state index in [2.05, 4.69) is 54.6 Å². The van der Waals surface area contributed by atoms with Crippen molar-refractivity contribution in [3.63, 3.8) is 0 Å². The van der Waals surface area contributed by atoms with Crippen molar-refractivity contribution in [3.8, 4) is 11.1 Å². The topological polar surface area (TPSA) is 26.0 Å². The Balaban J connectivity index is 2.09. The Morgan fingerprint density at radius 3 is 2.61 bits per heavy atom. The van der Waals surface area contributed by atoms with E-state index in [0.717, 1.165) is 12.8 Å². The van der Waals surface area contributed by atoms with E-state index in [4.69, 9.17) is 5.73 Å². The number of benzene rings is 2. The van der Waals surface area contributed by atoms with E-state index in [9.17, 15) is 0 Å². The molecule has 1 heteroatoms. The van der Waals surface area contributed by atoms with Gasteiger partial charge in [0.2, 0.25) is 0 Å². The fourth-order valence-electron chi connectivity index (χ4n) is 2.54. The summed E-state index contributed by atoms with van der Waals surface area (Å²) in [6, 6.07) is 15.1. The van der Waals surface area contributed by atoms with Gasteiger partial charge in [-0.3, -0.25) is 0 Å². The lowest BCUT2D eigenvalue weighted by molar-refractivity contribution is 0.986. The maximum absolute atomic E-state index is 5.64. The SMILES string of the molecule is NCc1ccc(-c2cccc3c2C=CCC3)cc1. The summed E-state index contributed by atoms with van der Waals surface area (Å²) in [6.45, 7) is 0.604. The fourth-order valence-corrected chi connectivity index (χ4v) is 2.54. The van der Waals surface area contributed by atoms with Crippen molar-refractivity contribution in [1.82, 2.24) is 0 Å². The predicted molar refractivity (Wildman–Crippen MR) is 77.1 cm³/mol. The molecule has 0 aromatic heterocycles. The van der Waals surface area contributed by atoms with Crippen LogP contribution in [0.15, 0.2) is 48.5 Å². The Labute approximate surface area is 108 Å². The Morgan fingerprint density at radius 2 is 1.83 bits per heavy atom. The van der Waals surface area contributed by atoms with Crippen LogP contribution in [-0.2, 0) is 13.0 Å². The van der Waals surface area contributed by atoms with Gasteiger partial charge in [0.05, 0.1) is 0 Å². The lowest BCUT2D eigenvalue weighted by Gasteiger charge is -2.15. The fraction of sp³-hybridized carbons (Fsp3) is 0.176. The first-order chi connectivity index (χ1) is 8.88. The van der Waals surface area contributed by atoms with E-state index in [-0.39, 0.29) is 0 Å². The standard InChI is InChI=1S/C17H17N/c18-12-13-8-10-15(11-9-13)17-7-3-5-14-4-1-2-6-16(14)17/h2-3,5-11H,1,4,12,18H2. The van der Waals surface area contributed by atoms with Crippen molar-refractivity contribution >= 4 is 6.08 Å². The van der Waals surface area contributed by atoms with Gasteiger partial charge in [0.1, 0.15) is 0 Å². The minimum Gasteiger partial charge on any atom is -0.326 e. The molecule has 0 amide bonds. The van der Waals surface area contributed by atoms with Crippen LogP contribution in [0.25, 0.3) is 17.2 Å². The minimum absolute atomic E-state index is 0.604. The number of hydrogen-bond donors (Lipinski definition) is 1. The molecular weight excluding hydrogens is 218 g/mol. The molecule has 0 bridgehead atoms. The highest BCUT2D eigenvalue weighted by Gasteiger charge is 2.09. The van der Waals surface area contributed by atoms with Crippen LogP contribution in [0.3, 0.4) is 0 Å². The molecule has 0 fully saturated rings. The molecule has 0 spiro atoms. The molecule has 3 rings (SSSR count). The first kappa shape index (κ1) is 11.2. The van der Waals surface area contributed by atoms with Crippen LogP contribution in [0.1, 0.15) is 23.1 Å². The quantitative estimate of drug-likeness (QED) is 0.842. The van der Waals surface area contributed by atoms with Crippen LogP contribution < -0.4 is 5.73 Å². The highest BCUT2D eigenvalue weighted by Crippen LogP contribution is 2.30. The Bertz CT molecular complexity index is 579. The highest BCUT2D eigenvalue weighted by atomic mass is 14.5. The van der Waals surface area contributed by atoms with Gasteiger partial charge in [0.15, 0.2) is 0 Å². The van der Waals surface area contributed by atoms with Gasteiger partial charge in [0, 0.05) is 6.54 Å². The van der Waals surface area contributed by atoms with Gasteiger partial charge >= 0.3 is 0 Å². The zero-order valence-electron chi connectivity index (χ0n) is 10.4. The van der Waals surface area contributed by atoms with Crippen molar-refractivity contribution in [2.45, 2.75) is 19.4 Å². The summed E-state index contributed by atoms with van der Waals surface area (Å²) in [5.41, 5.74) is 12.3. The normalized spacial score (nSPS) is 13.4. The molecule has 0 radical (unpaired) electrons. The summed E-state index contributed by atoms with van der Waals surface area (Å²) in [6.07, 6.45) is 6.83. The summed E-state index contributed by atoms with van der Waals surface area (Å²) in [4.78, 5) is 0. The second-order valence-electron chi connectivity index (χ2n) is 4.72. The molecule has 2 N–H and O–H groups in total. The number of aryl methyl sites for hydroxylation is 1. The van der Waals surface area contributed by atoms with E-state index in [1.54, 1.807) is 0 Å². The second kappa shape index (κ2) is 4.79. The summed E-state index contributed by atoms with van der Waals surface area (Å²) in [5, 5.41) is 0. The third-order valence-electron chi connectivity index (χ3n) is 3.56. The minimum atomic E-state index is 0.604. The molecule has 2 aromatic carbocycles. The number of hydrogen-bond acceptors (Lipinski definition) is 1. The van der Waals surface area contributed by atoms with E-state index in [0.29, 0.717) is 6.54 Å². The summed E-state index contributed by atoms with van der Waals surface area (Å²) in [7, 11) is 0. The third kappa shape index (κ3) is 1.98. The van der Waals surface area contributed by atoms with Crippen LogP contribution in [-0.4, -0.2) is 0 Å². The molecule has 0 saturated carbocycles. The maximum Gasteiger partial charge on any atom is 0.0178 e. The van der Waals surface area contributed by atoms with Gasteiger partial charge in [-0.25, -0.2) is 0 Å². The van der Waals surface area contributed by atoms with Crippen LogP contribution in [0.5, 0.6) is 0 Å². The van der Waals surface area contributed by atoms with Gasteiger partial charge in [-0.05, 0) is 40.7 Å². The largest absolute Gasteiger partial charge is 0.326 e. The smallest absolute Gasteiger partial charge is 0.0178 e. The van der Waals surface area contributed by atoms with E-state index in [1.807, 2.05) is 0 Å². The molecule has 1 nitrogen and oxygen atoms in total. The highest BCUT2D eigenvalue weighted by molar-refractivity contribution is 5.78. The molecule has 0 heterocycles.